The van der Waals surface area contributed by atoms with Crippen LogP contribution in [0.1, 0.15) is 32.4 Å². The first-order valence-electron chi connectivity index (χ1n) is 6.54. The van der Waals surface area contributed by atoms with Crippen LogP contribution in [0.15, 0.2) is 24.3 Å². The smallest absolute Gasteiger partial charge is 0.315 e. The van der Waals surface area contributed by atoms with Gasteiger partial charge in [0.25, 0.3) is 0 Å². The highest BCUT2D eigenvalue weighted by Crippen LogP contribution is 2.15. The summed E-state index contributed by atoms with van der Waals surface area (Å²) in [4.78, 5) is 23.3. The molecule has 20 heavy (non-hydrogen) atoms. The van der Waals surface area contributed by atoms with Gasteiger partial charge in [-0.15, -0.1) is 0 Å². The minimum Gasteiger partial charge on any atom is -0.355 e. The Morgan fingerprint density at radius 2 is 1.75 bits per heavy atom. The first kappa shape index (κ1) is 16.3. The molecule has 2 atom stereocenters. The molecule has 0 aliphatic heterocycles. The van der Waals surface area contributed by atoms with Gasteiger partial charge in [-0.2, -0.15) is 0 Å². The molecule has 0 fully saturated rings. The van der Waals surface area contributed by atoms with Gasteiger partial charge in [0.15, 0.2) is 0 Å². The molecule has 0 bridgehead atoms. The molecule has 110 valence electrons. The maximum Gasteiger partial charge on any atom is 0.315 e. The lowest BCUT2D eigenvalue weighted by molar-refractivity contribution is -0.122. The number of carbonyl (C=O) groups excluding carboxylic acids is 2. The predicted octanol–water partition coefficient (Wildman–Crippen LogP) is 2.22. The zero-order chi connectivity index (χ0) is 15.1. The van der Waals surface area contributed by atoms with Crippen molar-refractivity contribution >= 4 is 23.5 Å². The van der Waals surface area contributed by atoms with E-state index in [1.807, 2.05) is 26.0 Å². The van der Waals surface area contributed by atoms with Crippen LogP contribution in [0.4, 0.5) is 4.79 Å². The van der Waals surface area contributed by atoms with Crippen LogP contribution in [0, 0.1) is 0 Å². The zero-order valence-electron chi connectivity index (χ0n) is 11.9. The largest absolute Gasteiger partial charge is 0.355 e. The van der Waals surface area contributed by atoms with Crippen molar-refractivity contribution in [2.75, 3.05) is 6.54 Å². The third-order valence-electron chi connectivity index (χ3n) is 2.81. The summed E-state index contributed by atoms with van der Waals surface area (Å²) in [5.41, 5.74) is 0.940. The molecule has 0 spiro atoms. The Hall–Kier alpha value is -1.75. The average molecular weight is 298 g/mol. The third kappa shape index (κ3) is 5.09. The van der Waals surface area contributed by atoms with Crippen molar-refractivity contribution in [2.45, 2.75) is 32.9 Å². The number of hydrogen-bond acceptors (Lipinski definition) is 2. The summed E-state index contributed by atoms with van der Waals surface area (Å²) >= 11 is 5.81. The SMILES string of the molecule is CCNC(=O)[C@@H](C)NC(=O)N[C@H](C)c1ccc(Cl)cc1. The van der Waals surface area contributed by atoms with Crippen LogP contribution in [0.5, 0.6) is 0 Å². The maximum absolute atomic E-state index is 11.8. The molecular weight excluding hydrogens is 278 g/mol. The van der Waals surface area contributed by atoms with Crippen molar-refractivity contribution < 1.29 is 9.59 Å². The van der Waals surface area contributed by atoms with Crippen LogP contribution >= 0.6 is 11.6 Å². The van der Waals surface area contributed by atoms with Crippen molar-refractivity contribution in [2.24, 2.45) is 0 Å². The lowest BCUT2D eigenvalue weighted by Crippen LogP contribution is -2.48. The number of nitrogens with one attached hydrogen (secondary N) is 3. The fraction of sp³-hybridized carbons (Fsp3) is 0.429. The predicted molar refractivity (Wildman–Crippen MR) is 79.7 cm³/mol. The number of likely N-dealkylation sites (N-methyl/N-ethyl adjacent to an activating group) is 1. The Morgan fingerprint density at radius 3 is 2.30 bits per heavy atom. The van der Waals surface area contributed by atoms with Gasteiger partial charge in [-0.25, -0.2) is 4.79 Å². The van der Waals surface area contributed by atoms with Crippen LogP contribution in [0.25, 0.3) is 0 Å². The number of carbonyl (C=O) groups is 2. The van der Waals surface area contributed by atoms with E-state index in [0.29, 0.717) is 11.6 Å². The van der Waals surface area contributed by atoms with Crippen LogP contribution in [-0.2, 0) is 4.79 Å². The molecule has 0 aromatic heterocycles. The lowest BCUT2D eigenvalue weighted by Gasteiger charge is -2.18. The van der Waals surface area contributed by atoms with Crippen molar-refractivity contribution in [3.8, 4) is 0 Å². The van der Waals surface area contributed by atoms with Crippen LogP contribution in [-0.4, -0.2) is 24.5 Å². The normalized spacial score (nSPS) is 13.2. The summed E-state index contributed by atoms with van der Waals surface area (Å²) in [6.07, 6.45) is 0. The molecule has 0 heterocycles. The quantitative estimate of drug-likeness (QED) is 0.780. The van der Waals surface area contributed by atoms with Gasteiger partial charge in [0.1, 0.15) is 6.04 Å². The summed E-state index contributed by atoms with van der Waals surface area (Å²) in [6, 6.07) is 6.10. The number of halogens is 1. The Labute approximate surface area is 124 Å². The van der Waals surface area contributed by atoms with Crippen LogP contribution < -0.4 is 16.0 Å². The third-order valence-corrected chi connectivity index (χ3v) is 3.06. The van der Waals surface area contributed by atoms with E-state index < -0.39 is 6.04 Å². The van der Waals surface area contributed by atoms with Gasteiger partial charge in [-0.1, -0.05) is 23.7 Å². The highest BCUT2D eigenvalue weighted by Gasteiger charge is 2.16. The van der Waals surface area contributed by atoms with E-state index >= 15 is 0 Å². The van der Waals surface area contributed by atoms with Gasteiger partial charge in [-0.05, 0) is 38.5 Å². The number of urea groups is 1. The maximum atomic E-state index is 11.8. The summed E-state index contributed by atoms with van der Waals surface area (Å²) < 4.78 is 0. The fourth-order valence-corrected chi connectivity index (χ4v) is 1.79. The van der Waals surface area contributed by atoms with Gasteiger partial charge < -0.3 is 16.0 Å². The second-order valence-electron chi connectivity index (χ2n) is 4.51. The summed E-state index contributed by atoms with van der Waals surface area (Å²) in [6.45, 7) is 5.86. The van der Waals surface area contributed by atoms with Gasteiger partial charge in [-0.3, -0.25) is 4.79 Å². The molecule has 1 rings (SSSR count). The number of benzene rings is 1. The highest BCUT2D eigenvalue weighted by molar-refractivity contribution is 6.30. The molecule has 3 amide bonds. The zero-order valence-corrected chi connectivity index (χ0v) is 12.6. The molecule has 1 aromatic rings. The van der Waals surface area contributed by atoms with Crippen molar-refractivity contribution in [1.82, 2.24) is 16.0 Å². The minimum atomic E-state index is -0.577. The molecule has 0 aliphatic carbocycles. The number of hydrogen-bond donors (Lipinski definition) is 3. The van der Waals surface area contributed by atoms with Crippen molar-refractivity contribution in [3.63, 3.8) is 0 Å². The van der Waals surface area contributed by atoms with E-state index in [4.69, 9.17) is 11.6 Å². The summed E-state index contributed by atoms with van der Waals surface area (Å²) in [7, 11) is 0. The molecule has 0 radical (unpaired) electrons. The van der Waals surface area contributed by atoms with E-state index in [2.05, 4.69) is 16.0 Å². The minimum absolute atomic E-state index is 0.172. The van der Waals surface area contributed by atoms with E-state index in [1.165, 1.54) is 0 Å². The van der Waals surface area contributed by atoms with E-state index in [1.54, 1.807) is 19.1 Å². The van der Waals surface area contributed by atoms with Crippen LogP contribution in [0.2, 0.25) is 5.02 Å². The number of rotatable bonds is 5. The first-order valence-corrected chi connectivity index (χ1v) is 6.92. The topological polar surface area (TPSA) is 70.2 Å². The van der Waals surface area contributed by atoms with E-state index in [9.17, 15) is 9.59 Å². The lowest BCUT2D eigenvalue weighted by atomic mass is 10.1. The fourth-order valence-electron chi connectivity index (χ4n) is 1.66. The van der Waals surface area contributed by atoms with Crippen molar-refractivity contribution in [1.29, 1.82) is 0 Å². The Kier molecular flexibility index (Phi) is 6.31. The molecule has 0 aliphatic rings. The average Bonchev–Trinajstić information content (AvgIpc) is 2.39. The Bertz CT molecular complexity index is 462. The molecule has 0 unspecified atom stereocenters. The molecule has 0 saturated heterocycles. The molecule has 6 heteroatoms. The second-order valence-corrected chi connectivity index (χ2v) is 4.94. The number of amides is 3. The van der Waals surface area contributed by atoms with Gasteiger partial charge in [0.05, 0.1) is 6.04 Å². The monoisotopic (exact) mass is 297 g/mol. The van der Waals surface area contributed by atoms with E-state index in [0.717, 1.165) is 5.56 Å². The van der Waals surface area contributed by atoms with Gasteiger partial charge >= 0.3 is 6.03 Å². The Balaban J connectivity index is 2.49. The molecule has 5 nitrogen and oxygen atoms in total. The van der Waals surface area contributed by atoms with Gasteiger partial charge in [0, 0.05) is 11.6 Å². The van der Waals surface area contributed by atoms with Crippen molar-refractivity contribution in [3.05, 3.63) is 34.9 Å². The summed E-state index contributed by atoms with van der Waals surface area (Å²) in [5.74, 6) is -0.207. The Morgan fingerprint density at radius 1 is 1.15 bits per heavy atom. The van der Waals surface area contributed by atoms with Gasteiger partial charge in [0.2, 0.25) is 5.91 Å². The standard InChI is InChI=1S/C14H20ClN3O2/c1-4-16-13(19)10(3)18-14(20)17-9(2)11-5-7-12(15)8-6-11/h5-10H,4H2,1-3H3,(H,16,19)(H2,17,18,20)/t9-,10-/m1/s1. The summed E-state index contributed by atoms with van der Waals surface area (Å²) in [5, 5.41) is 8.65. The molecular formula is C14H20ClN3O2. The molecule has 1 aromatic carbocycles. The van der Waals surface area contributed by atoms with Crippen LogP contribution in [0.3, 0.4) is 0 Å². The first-order chi connectivity index (χ1) is 9.43. The molecule has 0 saturated carbocycles. The highest BCUT2D eigenvalue weighted by atomic mass is 35.5. The second kappa shape index (κ2) is 7.75. The molecule has 3 N–H and O–H groups in total. The van der Waals surface area contributed by atoms with E-state index in [-0.39, 0.29) is 18.0 Å².